The smallest absolute Gasteiger partial charge is 0.243 e. The van der Waals surface area contributed by atoms with E-state index in [0.717, 1.165) is 19.3 Å². The summed E-state index contributed by atoms with van der Waals surface area (Å²) in [6.45, 7) is 0.963. The van der Waals surface area contributed by atoms with Crippen molar-refractivity contribution in [1.82, 2.24) is 4.31 Å². The number of amides is 1. The van der Waals surface area contributed by atoms with Crippen molar-refractivity contribution in [1.29, 1.82) is 0 Å². The van der Waals surface area contributed by atoms with Crippen LogP contribution in [0.15, 0.2) is 23.1 Å². The standard InChI is InChI=1S/C18H24N2O6S2/c1-26-17-6-5-14(28(24,25)19-7-3-2-4-8-19)10-15(17)20-16-12-27(22,23)11-13(16)9-18(20)21/h5-6,10,13,16H,2-4,7-9,11-12H2,1H3. The SMILES string of the molecule is COc1ccc(S(=O)(=O)N2CCCCC2)cc1N1C(=O)CC2CS(=O)(=O)CC21. The number of carbonyl (C=O) groups excluding carboxylic acids is 1. The van der Waals surface area contributed by atoms with Gasteiger partial charge in [-0.1, -0.05) is 6.42 Å². The van der Waals surface area contributed by atoms with E-state index in [9.17, 15) is 21.6 Å². The van der Waals surface area contributed by atoms with E-state index in [1.54, 1.807) is 0 Å². The quantitative estimate of drug-likeness (QED) is 0.710. The topological polar surface area (TPSA) is 101 Å². The lowest BCUT2D eigenvalue weighted by Crippen LogP contribution is -2.37. The Morgan fingerprint density at radius 1 is 1.11 bits per heavy atom. The van der Waals surface area contributed by atoms with Gasteiger partial charge in [-0.15, -0.1) is 0 Å². The zero-order valence-corrected chi connectivity index (χ0v) is 17.3. The highest BCUT2D eigenvalue weighted by molar-refractivity contribution is 7.91. The number of anilines is 1. The molecule has 1 amide bonds. The van der Waals surface area contributed by atoms with E-state index in [4.69, 9.17) is 4.74 Å². The first-order valence-corrected chi connectivity index (χ1v) is 12.7. The van der Waals surface area contributed by atoms with Gasteiger partial charge in [-0.05, 0) is 31.0 Å². The van der Waals surface area contributed by atoms with Gasteiger partial charge >= 0.3 is 0 Å². The highest BCUT2D eigenvalue weighted by Crippen LogP contribution is 2.42. The molecule has 28 heavy (non-hydrogen) atoms. The van der Waals surface area contributed by atoms with Gasteiger partial charge in [-0.3, -0.25) is 4.79 Å². The molecule has 1 aromatic rings. The summed E-state index contributed by atoms with van der Waals surface area (Å²) < 4.78 is 57.0. The summed E-state index contributed by atoms with van der Waals surface area (Å²) in [4.78, 5) is 14.2. The number of carbonyl (C=O) groups is 1. The lowest BCUT2D eigenvalue weighted by molar-refractivity contribution is -0.117. The summed E-state index contributed by atoms with van der Waals surface area (Å²) in [7, 11) is -5.44. The van der Waals surface area contributed by atoms with Crippen LogP contribution < -0.4 is 9.64 Å². The molecular weight excluding hydrogens is 404 g/mol. The molecule has 1 aromatic carbocycles. The molecule has 2 unspecified atom stereocenters. The first-order chi connectivity index (χ1) is 13.2. The van der Waals surface area contributed by atoms with Crippen molar-refractivity contribution in [3.05, 3.63) is 18.2 Å². The summed E-state index contributed by atoms with van der Waals surface area (Å²) in [5.74, 6) is -0.208. The van der Waals surface area contributed by atoms with Crippen molar-refractivity contribution in [3.8, 4) is 5.75 Å². The van der Waals surface area contributed by atoms with Crippen molar-refractivity contribution < 1.29 is 26.4 Å². The second-order valence-corrected chi connectivity index (χ2v) is 11.8. The second-order valence-electron chi connectivity index (χ2n) is 7.67. The molecule has 0 spiro atoms. The fourth-order valence-electron chi connectivity index (χ4n) is 4.48. The Morgan fingerprint density at radius 3 is 2.50 bits per heavy atom. The number of fused-ring (bicyclic) bond motifs is 1. The van der Waals surface area contributed by atoms with Gasteiger partial charge in [0.2, 0.25) is 15.9 Å². The number of hydrogen-bond acceptors (Lipinski definition) is 6. The molecule has 3 saturated heterocycles. The summed E-state index contributed by atoms with van der Waals surface area (Å²) in [5, 5.41) is 0. The normalized spacial score (nSPS) is 27.8. The van der Waals surface area contributed by atoms with Crippen LogP contribution in [0.4, 0.5) is 5.69 Å². The van der Waals surface area contributed by atoms with E-state index in [1.165, 1.54) is 34.5 Å². The monoisotopic (exact) mass is 428 g/mol. The lowest BCUT2D eigenvalue weighted by Gasteiger charge is -2.28. The zero-order chi connectivity index (χ0) is 20.1. The van der Waals surface area contributed by atoms with Gasteiger partial charge in [0.1, 0.15) is 5.75 Å². The highest BCUT2D eigenvalue weighted by atomic mass is 32.2. The van der Waals surface area contributed by atoms with Crippen LogP contribution in [-0.2, 0) is 24.7 Å². The maximum absolute atomic E-state index is 13.1. The Balaban J connectivity index is 1.75. The molecule has 8 nitrogen and oxygen atoms in total. The predicted octanol–water partition coefficient (Wildman–Crippen LogP) is 1.02. The molecule has 0 saturated carbocycles. The Bertz CT molecular complexity index is 999. The van der Waals surface area contributed by atoms with E-state index in [0.29, 0.717) is 24.5 Å². The Labute approximate surface area is 165 Å². The van der Waals surface area contributed by atoms with Crippen molar-refractivity contribution in [2.45, 2.75) is 36.6 Å². The molecule has 4 rings (SSSR count). The molecule has 3 aliphatic rings. The maximum atomic E-state index is 13.1. The minimum atomic E-state index is -3.68. The van der Waals surface area contributed by atoms with Gasteiger partial charge < -0.3 is 9.64 Å². The average Bonchev–Trinajstić information content (AvgIpc) is 3.11. The number of hydrogen-bond donors (Lipinski definition) is 0. The Morgan fingerprint density at radius 2 is 1.82 bits per heavy atom. The fourth-order valence-corrected chi connectivity index (χ4v) is 8.08. The maximum Gasteiger partial charge on any atom is 0.243 e. The van der Waals surface area contributed by atoms with Crippen LogP contribution in [0.3, 0.4) is 0 Å². The molecule has 0 bridgehead atoms. The van der Waals surface area contributed by atoms with Crippen molar-refractivity contribution in [2.24, 2.45) is 5.92 Å². The first-order valence-electron chi connectivity index (χ1n) is 9.43. The predicted molar refractivity (Wildman–Crippen MR) is 104 cm³/mol. The molecule has 3 heterocycles. The average molecular weight is 429 g/mol. The van der Waals surface area contributed by atoms with Crippen LogP contribution >= 0.6 is 0 Å². The van der Waals surface area contributed by atoms with Crippen LogP contribution in [0.2, 0.25) is 0 Å². The van der Waals surface area contributed by atoms with Crippen LogP contribution in [0.5, 0.6) is 5.75 Å². The van der Waals surface area contributed by atoms with Crippen molar-refractivity contribution in [3.63, 3.8) is 0 Å². The molecular formula is C18H24N2O6S2. The van der Waals surface area contributed by atoms with Gasteiger partial charge in [0.15, 0.2) is 9.84 Å². The molecule has 0 aliphatic carbocycles. The molecule has 0 aromatic heterocycles. The number of nitrogens with zero attached hydrogens (tertiary/aromatic N) is 2. The third-order valence-corrected chi connectivity index (χ3v) is 9.52. The van der Waals surface area contributed by atoms with Crippen LogP contribution in [0, 0.1) is 5.92 Å². The number of methoxy groups -OCH3 is 1. The van der Waals surface area contributed by atoms with Crippen LogP contribution in [0.25, 0.3) is 0 Å². The van der Waals surface area contributed by atoms with E-state index in [2.05, 4.69) is 0 Å². The van der Waals surface area contributed by atoms with Crippen LogP contribution in [0.1, 0.15) is 25.7 Å². The fraction of sp³-hybridized carbons (Fsp3) is 0.611. The van der Waals surface area contributed by atoms with Gasteiger partial charge in [-0.2, -0.15) is 4.31 Å². The second kappa shape index (κ2) is 7.00. The van der Waals surface area contributed by atoms with Crippen LogP contribution in [-0.4, -0.2) is 64.8 Å². The number of ether oxygens (including phenoxy) is 1. The summed E-state index contributed by atoms with van der Waals surface area (Å²) in [5.41, 5.74) is 0.329. The van der Waals surface area contributed by atoms with E-state index < -0.39 is 25.9 Å². The third-order valence-electron chi connectivity index (χ3n) is 5.84. The largest absolute Gasteiger partial charge is 0.495 e. The summed E-state index contributed by atoms with van der Waals surface area (Å²) >= 11 is 0. The number of rotatable bonds is 4. The minimum Gasteiger partial charge on any atom is -0.495 e. The van der Waals surface area contributed by atoms with E-state index >= 15 is 0 Å². The van der Waals surface area contributed by atoms with Gasteiger partial charge in [0, 0.05) is 25.4 Å². The minimum absolute atomic E-state index is 0.00596. The molecule has 3 aliphatic heterocycles. The molecule has 10 heteroatoms. The van der Waals surface area contributed by atoms with Crippen molar-refractivity contribution in [2.75, 3.05) is 36.6 Å². The molecule has 3 fully saturated rings. The zero-order valence-electron chi connectivity index (χ0n) is 15.7. The summed E-state index contributed by atoms with van der Waals surface area (Å²) in [6.07, 6.45) is 2.82. The van der Waals surface area contributed by atoms with Gasteiger partial charge in [-0.25, -0.2) is 16.8 Å². The number of sulfone groups is 1. The molecule has 0 radical (unpaired) electrons. The van der Waals surface area contributed by atoms with E-state index in [1.807, 2.05) is 0 Å². The van der Waals surface area contributed by atoms with Gasteiger partial charge in [0.05, 0.1) is 35.2 Å². The number of benzene rings is 1. The van der Waals surface area contributed by atoms with Gasteiger partial charge in [0.25, 0.3) is 0 Å². The third kappa shape index (κ3) is 3.31. The van der Waals surface area contributed by atoms with E-state index in [-0.39, 0.29) is 34.6 Å². The van der Waals surface area contributed by atoms with Crippen molar-refractivity contribution >= 4 is 31.5 Å². The Kier molecular flexibility index (Phi) is 4.91. The molecule has 154 valence electrons. The Hall–Kier alpha value is -1.65. The number of sulfonamides is 1. The summed E-state index contributed by atoms with van der Waals surface area (Å²) in [6, 6.07) is 4.00. The lowest BCUT2D eigenvalue weighted by atomic mass is 10.0. The molecule has 2 atom stereocenters. The number of piperidine rings is 1. The highest BCUT2D eigenvalue weighted by Gasteiger charge is 2.50. The molecule has 0 N–H and O–H groups in total. The first kappa shape index (κ1) is 19.7.